The molecule has 0 spiro atoms. The van der Waals surface area contributed by atoms with E-state index in [1.54, 1.807) is 24.3 Å². The first kappa shape index (κ1) is 13.1. The van der Waals surface area contributed by atoms with Gasteiger partial charge in [-0.2, -0.15) is 0 Å². The molecule has 19 heavy (non-hydrogen) atoms. The summed E-state index contributed by atoms with van der Waals surface area (Å²) in [6, 6.07) is 13.6. The van der Waals surface area contributed by atoms with Gasteiger partial charge in [0, 0.05) is 12.2 Å². The van der Waals surface area contributed by atoms with Crippen molar-refractivity contribution >= 4 is 11.7 Å². The molecule has 0 amide bonds. The van der Waals surface area contributed by atoms with Crippen LogP contribution < -0.4 is 5.32 Å². The van der Waals surface area contributed by atoms with E-state index in [0.29, 0.717) is 6.54 Å². The fourth-order valence-corrected chi connectivity index (χ4v) is 1.75. The topological polar surface area (TPSA) is 49.3 Å². The lowest BCUT2D eigenvalue weighted by atomic mass is 10.1. The van der Waals surface area contributed by atoms with Crippen LogP contribution in [0.25, 0.3) is 0 Å². The number of hydrogen-bond acceptors (Lipinski definition) is 2. The molecule has 0 heterocycles. The summed E-state index contributed by atoms with van der Waals surface area (Å²) in [5.41, 5.74) is 2.50. The number of benzene rings is 2. The van der Waals surface area contributed by atoms with Crippen molar-refractivity contribution in [3.05, 3.63) is 65.5 Å². The third-order valence-electron chi connectivity index (χ3n) is 2.70. The molecular weight excluding hydrogens is 245 g/mol. The van der Waals surface area contributed by atoms with Gasteiger partial charge < -0.3 is 10.4 Å². The minimum atomic E-state index is -0.842. The highest BCUT2D eigenvalue weighted by atomic mass is 19.1. The fraction of sp³-hybridized carbons (Fsp3) is 0.133. The Kier molecular flexibility index (Phi) is 4.13. The number of halogens is 1. The lowest BCUT2D eigenvalue weighted by Crippen LogP contribution is -2.02. The molecule has 0 aliphatic carbocycles. The van der Waals surface area contributed by atoms with E-state index in [4.69, 9.17) is 5.11 Å². The highest BCUT2D eigenvalue weighted by Crippen LogP contribution is 2.12. The maximum atomic E-state index is 13.0. The molecule has 2 aromatic carbocycles. The van der Waals surface area contributed by atoms with Gasteiger partial charge in [0.2, 0.25) is 0 Å². The van der Waals surface area contributed by atoms with Crippen LogP contribution in [0.15, 0.2) is 48.5 Å². The van der Waals surface area contributed by atoms with Crippen molar-refractivity contribution < 1.29 is 14.3 Å². The molecule has 0 aliphatic rings. The molecule has 0 radical (unpaired) electrons. The summed E-state index contributed by atoms with van der Waals surface area (Å²) in [7, 11) is 0. The molecule has 98 valence electrons. The molecule has 0 saturated carbocycles. The van der Waals surface area contributed by atoms with Gasteiger partial charge in [0.05, 0.1) is 6.42 Å². The smallest absolute Gasteiger partial charge is 0.307 e. The van der Waals surface area contributed by atoms with E-state index in [9.17, 15) is 9.18 Å². The highest BCUT2D eigenvalue weighted by molar-refractivity contribution is 5.70. The van der Waals surface area contributed by atoms with Gasteiger partial charge in [-0.3, -0.25) is 4.79 Å². The van der Waals surface area contributed by atoms with Crippen LogP contribution in [0.1, 0.15) is 11.1 Å². The summed E-state index contributed by atoms with van der Waals surface area (Å²) < 4.78 is 13.0. The minimum absolute atomic E-state index is 0.0254. The Morgan fingerprint density at radius 2 is 1.79 bits per heavy atom. The van der Waals surface area contributed by atoms with E-state index < -0.39 is 5.97 Å². The number of anilines is 1. The predicted molar refractivity (Wildman–Crippen MR) is 71.5 cm³/mol. The number of hydrogen-bond donors (Lipinski definition) is 2. The van der Waals surface area contributed by atoms with Gasteiger partial charge in [-0.25, -0.2) is 4.39 Å². The summed E-state index contributed by atoms with van der Waals surface area (Å²) in [5, 5.41) is 11.8. The Morgan fingerprint density at radius 1 is 1.11 bits per heavy atom. The van der Waals surface area contributed by atoms with Gasteiger partial charge >= 0.3 is 5.97 Å². The van der Waals surface area contributed by atoms with Crippen molar-refractivity contribution in [1.29, 1.82) is 0 Å². The first-order chi connectivity index (χ1) is 9.13. The van der Waals surface area contributed by atoms with E-state index in [0.717, 1.165) is 16.8 Å². The number of aliphatic carboxylic acids is 1. The standard InChI is InChI=1S/C15H14FNO2/c16-13-2-1-3-14(9-13)17-10-12-6-4-11(5-7-12)8-15(18)19/h1-7,9,17H,8,10H2,(H,18,19). The molecular formula is C15H14FNO2. The highest BCUT2D eigenvalue weighted by Gasteiger charge is 2.00. The van der Waals surface area contributed by atoms with Crippen LogP contribution in [-0.2, 0) is 17.8 Å². The summed E-state index contributed by atoms with van der Waals surface area (Å²) in [5.74, 6) is -1.12. The van der Waals surface area contributed by atoms with Crippen molar-refractivity contribution in [2.24, 2.45) is 0 Å². The molecule has 2 N–H and O–H groups in total. The minimum Gasteiger partial charge on any atom is -0.481 e. The normalized spacial score (nSPS) is 10.2. The number of carbonyl (C=O) groups is 1. The number of carboxylic acid groups (broad SMARTS) is 1. The number of carboxylic acids is 1. The molecule has 0 saturated heterocycles. The Hall–Kier alpha value is -2.36. The summed E-state index contributed by atoms with van der Waals surface area (Å²) in [6.45, 7) is 0.566. The van der Waals surface area contributed by atoms with Crippen molar-refractivity contribution in [3.63, 3.8) is 0 Å². The second kappa shape index (κ2) is 6.00. The maximum Gasteiger partial charge on any atom is 0.307 e. The molecule has 0 aliphatic heterocycles. The van der Waals surface area contributed by atoms with Gasteiger partial charge in [-0.1, -0.05) is 30.3 Å². The third-order valence-corrected chi connectivity index (χ3v) is 2.70. The van der Waals surface area contributed by atoms with Gasteiger partial charge in [-0.05, 0) is 29.3 Å². The van der Waals surface area contributed by atoms with E-state index in [1.807, 2.05) is 12.1 Å². The molecule has 3 nitrogen and oxygen atoms in total. The molecule has 0 aromatic heterocycles. The van der Waals surface area contributed by atoms with Gasteiger partial charge in [-0.15, -0.1) is 0 Å². The van der Waals surface area contributed by atoms with Crippen molar-refractivity contribution in [1.82, 2.24) is 0 Å². The lowest BCUT2D eigenvalue weighted by molar-refractivity contribution is -0.136. The fourth-order valence-electron chi connectivity index (χ4n) is 1.75. The second-order valence-electron chi connectivity index (χ2n) is 4.25. The third kappa shape index (κ3) is 4.10. The van der Waals surface area contributed by atoms with Crippen LogP contribution in [0.4, 0.5) is 10.1 Å². The molecule has 2 rings (SSSR count). The van der Waals surface area contributed by atoms with E-state index >= 15 is 0 Å². The average Bonchev–Trinajstić information content (AvgIpc) is 2.37. The van der Waals surface area contributed by atoms with Crippen LogP contribution in [0.2, 0.25) is 0 Å². The first-order valence-corrected chi connectivity index (χ1v) is 5.92. The summed E-state index contributed by atoms with van der Waals surface area (Å²) >= 11 is 0. The molecule has 0 atom stereocenters. The van der Waals surface area contributed by atoms with Gasteiger partial charge in [0.15, 0.2) is 0 Å². The zero-order chi connectivity index (χ0) is 13.7. The molecule has 4 heteroatoms. The molecule has 0 unspecified atom stereocenters. The Labute approximate surface area is 110 Å². The lowest BCUT2D eigenvalue weighted by Gasteiger charge is -2.07. The quantitative estimate of drug-likeness (QED) is 0.867. The van der Waals surface area contributed by atoms with Crippen LogP contribution in [0.5, 0.6) is 0 Å². The number of rotatable bonds is 5. The zero-order valence-corrected chi connectivity index (χ0v) is 10.3. The Balaban J connectivity index is 1.94. The summed E-state index contributed by atoms with van der Waals surface area (Å²) in [6.07, 6.45) is 0.0254. The SMILES string of the molecule is O=C(O)Cc1ccc(CNc2cccc(F)c2)cc1. The second-order valence-corrected chi connectivity index (χ2v) is 4.25. The van der Waals surface area contributed by atoms with Crippen molar-refractivity contribution in [2.45, 2.75) is 13.0 Å². The van der Waals surface area contributed by atoms with E-state index in [1.165, 1.54) is 12.1 Å². The van der Waals surface area contributed by atoms with Crippen LogP contribution in [0, 0.1) is 5.82 Å². The van der Waals surface area contributed by atoms with Crippen molar-refractivity contribution in [3.8, 4) is 0 Å². The predicted octanol–water partition coefficient (Wildman–Crippen LogP) is 3.06. The first-order valence-electron chi connectivity index (χ1n) is 5.92. The summed E-state index contributed by atoms with van der Waals surface area (Å²) in [4.78, 5) is 10.5. The molecule has 0 bridgehead atoms. The van der Waals surface area contributed by atoms with Crippen LogP contribution >= 0.6 is 0 Å². The van der Waals surface area contributed by atoms with Crippen LogP contribution in [-0.4, -0.2) is 11.1 Å². The van der Waals surface area contributed by atoms with E-state index in [-0.39, 0.29) is 12.2 Å². The largest absolute Gasteiger partial charge is 0.481 e. The van der Waals surface area contributed by atoms with E-state index in [2.05, 4.69) is 5.32 Å². The Morgan fingerprint density at radius 3 is 2.42 bits per heavy atom. The molecule has 2 aromatic rings. The van der Waals surface area contributed by atoms with Gasteiger partial charge in [0.1, 0.15) is 5.82 Å². The zero-order valence-electron chi connectivity index (χ0n) is 10.3. The van der Waals surface area contributed by atoms with Gasteiger partial charge in [0.25, 0.3) is 0 Å². The Bertz CT molecular complexity index is 567. The van der Waals surface area contributed by atoms with Crippen LogP contribution in [0.3, 0.4) is 0 Å². The molecule has 0 fully saturated rings. The number of nitrogens with one attached hydrogen (secondary N) is 1. The monoisotopic (exact) mass is 259 g/mol. The maximum absolute atomic E-state index is 13.0. The average molecular weight is 259 g/mol. The van der Waals surface area contributed by atoms with Crippen molar-refractivity contribution in [2.75, 3.05) is 5.32 Å².